The van der Waals surface area contributed by atoms with Crippen LogP contribution in [-0.2, 0) is 10.5 Å². The SMILES string of the molecule is COCCCOc1ccnc(CSc2ccc(NC(=O)Nc3ccccc3)cc2)c1C. The first kappa shape index (κ1) is 22.7. The Labute approximate surface area is 187 Å². The van der Waals surface area contributed by atoms with E-state index in [2.05, 4.69) is 15.6 Å². The minimum absolute atomic E-state index is 0.270. The molecular formula is C24H27N3O3S. The monoisotopic (exact) mass is 437 g/mol. The van der Waals surface area contributed by atoms with E-state index in [1.54, 1.807) is 25.1 Å². The number of methoxy groups -OCH3 is 1. The summed E-state index contributed by atoms with van der Waals surface area (Å²) in [6.07, 6.45) is 2.64. The molecule has 0 aliphatic heterocycles. The standard InChI is InChI=1S/C24H27N3O3S/c1-18-22(25-14-13-23(18)30-16-6-15-29-2)17-31-21-11-9-20(10-12-21)27-24(28)26-19-7-4-3-5-8-19/h3-5,7-14H,6,15-17H2,1-2H3,(H2,26,27,28). The summed E-state index contributed by atoms with van der Waals surface area (Å²) in [5.41, 5.74) is 3.54. The van der Waals surface area contributed by atoms with Crippen LogP contribution < -0.4 is 15.4 Å². The van der Waals surface area contributed by atoms with Crippen LogP contribution >= 0.6 is 11.8 Å². The van der Waals surface area contributed by atoms with Crippen LogP contribution in [0, 0.1) is 6.92 Å². The van der Waals surface area contributed by atoms with Gasteiger partial charge in [0.1, 0.15) is 5.75 Å². The van der Waals surface area contributed by atoms with E-state index in [-0.39, 0.29) is 6.03 Å². The number of thioether (sulfide) groups is 1. The lowest BCUT2D eigenvalue weighted by Gasteiger charge is -2.12. The zero-order valence-corrected chi connectivity index (χ0v) is 18.6. The highest BCUT2D eigenvalue weighted by atomic mass is 32.2. The lowest BCUT2D eigenvalue weighted by molar-refractivity contribution is 0.172. The van der Waals surface area contributed by atoms with Gasteiger partial charge in [-0.25, -0.2) is 4.79 Å². The van der Waals surface area contributed by atoms with E-state index in [9.17, 15) is 4.79 Å². The number of para-hydroxylation sites is 1. The third kappa shape index (κ3) is 7.31. The van der Waals surface area contributed by atoms with Crippen LogP contribution in [0.25, 0.3) is 0 Å². The first-order valence-corrected chi connectivity index (χ1v) is 11.1. The smallest absolute Gasteiger partial charge is 0.323 e. The number of ether oxygens (including phenoxy) is 2. The average molecular weight is 438 g/mol. The molecule has 0 spiro atoms. The highest BCUT2D eigenvalue weighted by Crippen LogP contribution is 2.28. The largest absolute Gasteiger partial charge is 0.493 e. The molecule has 0 aliphatic rings. The molecule has 0 bridgehead atoms. The second kappa shape index (κ2) is 12.0. The third-order valence-corrected chi connectivity index (χ3v) is 5.55. The number of rotatable bonds is 10. The summed E-state index contributed by atoms with van der Waals surface area (Å²) in [6, 6.07) is 18.7. The van der Waals surface area contributed by atoms with Crippen molar-refractivity contribution >= 4 is 29.2 Å². The summed E-state index contributed by atoms with van der Waals surface area (Å²) in [4.78, 5) is 17.7. The number of nitrogens with one attached hydrogen (secondary N) is 2. The van der Waals surface area contributed by atoms with E-state index in [4.69, 9.17) is 9.47 Å². The number of anilines is 2. The Kier molecular flexibility index (Phi) is 8.75. The molecule has 0 saturated carbocycles. The van der Waals surface area contributed by atoms with Crippen molar-refractivity contribution in [3.05, 3.63) is 78.1 Å². The van der Waals surface area contributed by atoms with Crippen molar-refractivity contribution in [2.24, 2.45) is 0 Å². The van der Waals surface area contributed by atoms with Gasteiger partial charge in [0.05, 0.1) is 12.3 Å². The van der Waals surface area contributed by atoms with E-state index in [0.29, 0.717) is 13.2 Å². The Morgan fingerprint density at radius 3 is 2.39 bits per heavy atom. The molecule has 0 aliphatic carbocycles. The number of pyridine rings is 1. The number of urea groups is 1. The molecule has 0 unspecified atom stereocenters. The fraction of sp³-hybridized carbons (Fsp3) is 0.250. The Bertz CT molecular complexity index is 966. The topological polar surface area (TPSA) is 72.5 Å². The Morgan fingerprint density at radius 2 is 1.68 bits per heavy atom. The lowest BCUT2D eigenvalue weighted by Crippen LogP contribution is -2.19. The number of carbonyl (C=O) groups is 1. The zero-order chi connectivity index (χ0) is 21.9. The van der Waals surface area contributed by atoms with Gasteiger partial charge >= 0.3 is 6.03 Å². The summed E-state index contributed by atoms with van der Waals surface area (Å²) >= 11 is 1.69. The third-order valence-electron chi connectivity index (χ3n) is 4.53. The van der Waals surface area contributed by atoms with Gasteiger partial charge in [0.2, 0.25) is 0 Å². The molecule has 3 rings (SSSR count). The van der Waals surface area contributed by atoms with Gasteiger partial charge < -0.3 is 20.1 Å². The van der Waals surface area contributed by atoms with Gasteiger partial charge in [-0.15, -0.1) is 11.8 Å². The van der Waals surface area contributed by atoms with E-state index in [1.807, 2.05) is 67.6 Å². The molecule has 1 aromatic heterocycles. The van der Waals surface area contributed by atoms with Crippen molar-refractivity contribution in [2.75, 3.05) is 31.0 Å². The van der Waals surface area contributed by atoms with Crippen LogP contribution in [0.5, 0.6) is 5.75 Å². The molecule has 0 fully saturated rings. The summed E-state index contributed by atoms with van der Waals surface area (Å²) in [7, 11) is 1.69. The first-order valence-electron chi connectivity index (χ1n) is 10.1. The number of benzene rings is 2. The number of hydrogen-bond donors (Lipinski definition) is 2. The number of carbonyl (C=O) groups excluding carboxylic acids is 1. The molecule has 2 aromatic carbocycles. The van der Waals surface area contributed by atoms with Crippen molar-refractivity contribution < 1.29 is 14.3 Å². The molecule has 0 saturated heterocycles. The number of amides is 2. The number of nitrogens with zero attached hydrogens (tertiary/aromatic N) is 1. The second-order valence-corrected chi connectivity index (χ2v) is 7.88. The van der Waals surface area contributed by atoms with Gasteiger partial charge in [0, 0.05) is 53.9 Å². The van der Waals surface area contributed by atoms with Crippen molar-refractivity contribution in [2.45, 2.75) is 24.0 Å². The van der Waals surface area contributed by atoms with Crippen LogP contribution in [0.3, 0.4) is 0 Å². The van der Waals surface area contributed by atoms with Crippen LogP contribution in [0.4, 0.5) is 16.2 Å². The molecule has 162 valence electrons. The van der Waals surface area contributed by atoms with Crippen LogP contribution in [0.1, 0.15) is 17.7 Å². The summed E-state index contributed by atoms with van der Waals surface area (Å²) in [5, 5.41) is 5.64. The lowest BCUT2D eigenvalue weighted by atomic mass is 10.2. The first-order chi connectivity index (χ1) is 15.2. The predicted molar refractivity (Wildman–Crippen MR) is 126 cm³/mol. The van der Waals surface area contributed by atoms with Gasteiger partial charge in [-0.2, -0.15) is 0 Å². The van der Waals surface area contributed by atoms with Gasteiger partial charge in [0.15, 0.2) is 0 Å². The molecule has 0 radical (unpaired) electrons. The fourth-order valence-electron chi connectivity index (χ4n) is 2.85. The van der Waals surface area contributed by atoms with Crippen molar-refractivity contribution in [1.29, 1.82) is 0 Å². The normalized spacial score (nSPS) is 10.5. The Morgan fingerprint density at radius 1 is 0.968 bits per heavy atom. The Hall–Kier alpha value is -3.03. The molecule has 3 aromatic rings. The van der Waals surface area contributed by atoms with Crippen LogP contribution in [0.2, 0.25) is 0 Å². The van der Waals surface area contributed by atoms with Crippen molar-refractivity contribution in [3.63, 3.8) is 0 Å². The highest BCUT2D eigenvalue weighted by molar-refractivity contribution is 7.98. The summed E-state index contributed by atoms with van der Waals surface area (Å²) < 4.78 is 10.9. The molecule has 2 N–H and O–H groups in total. The molecule has 31 heavy (non-hydrogen) atoms. The van der Waals surface area contributed by atoms with Crippen LogP contribution in [0.15, 0.2) is 71.8 Å². The summed E-state index contributed by atoms with van der Waals surface area (Å²) in [5.74, 6) is 1.60. The highest BCUT2D eigenvalue weighted by Gasteiger charge is 2.08. The zero-order valence-electron chi connectivity index (χ0n) is 17.8. The molecule has 6 nitrogen and oxygen atoms in total. The molecular weight excluding hydrogens is 410 g/mol. The van der Waals surface area contributed by atoms with Gasteiger partial charge in [-0.05, 0) is 49.4 Å². The maximum atomic E-state index is 12.1. The van der Waals surface area contributed by atoms with E-state index < -0.39 is 0 Å². The molecule has 7 heteroatoms. The molecule has 0 atom stereocenters. The minimum Gasteiger partial charge on any atom is -0.493 e. The van der Waals surface area contributed by atoms with Crippen LogP contribution in [-0.4, -0.2) is 31.3 Å². The number of hydrogen-bond acceptors (Lipinski definition) is 5. The summed E-state index contributed by atoms with van der Waals surface area (Å²) in [6.45, 7) is 3.34. The maximum Gasteiger partial charge on any atom is 0.323 e. The fourth-order valence-corrected chi connectivity index (χ4v) is 3.77. The van der Waals surface area contributed by atoms with E-state index in [1.165, 1.54) is 0 Å². The van der Waals surface area contributed by atoms with E-state index >= 15 is 0 Å². The number of aromatic nitrogens is 1. The predicted octanol–water partition coefficient (Wildman–Crippen LogP) is 5.74. The molecule has 2 amide bonds. The van der Waals surface area contributed by atoms with Crippen molar-refractivity contribution in [1.82, 2.24) is 4.98 Å². The Balaban J connectivity index is 1.50. The van der Waals surface area contributed by atoms with Gasteiger partial charge in [-0.3, -0.25) is 4.98 Å². The quantitative estimate of drug-likeness (QED) is 0.312. The molecule has 1 heterocycles. The van der Waals surface area contributed by atoms with Crippen molar-refractivity contribution in [3.8, 4) is 5.75 Å². The average Bonchev–Trinajstić information content (AvgIpc) is 2.78. The van der Waals surface area contributed by atoms with Gasteiger partial charge in [-0.1, -0.05) is 18.2 Å². The second-order valence-electron chi connectivity index (χ2n) is 6.83. The van der Waals surface area contributed by atoms with E-state index in [0.717, 1.165) is 45.5 Å². The van der Waals surface area contributed by atoms with Gasteiger partial charge in [0.25, 0.3) is 0 Å². The minimum atomic E-state index is -0.270. The maximum absolute atomic E-state index is 12.1.